The highest BCUT2D eigenvalue weighted by molar-refractivity contribution is 5.32. The van der Waals surface area contributed by atoms with Gasteiger partial charge >= 0.3 is 0 Å². The number of aliphatic hydroxyl groups is 1. The van der Waals surface area contributed by atoms with Crippen molar-refractivity contribution in [3.8, 4) is 5.75 Å². The first kappa shape index (κ1) is 10.5. The second kappa shape index (κ2) is 5.14. The van der Waals surface area contributed by atoms with E-state index in [1.807, 2.05) is 24.3 Å². The van der Waals surface area contributed by atoms with Crippen LogP contribution in [0.1, 0.15) is 18.4 Å². The van der Waals surface area contributed by atoms with Gasteiger partial charge in [-0.2, -0.15) is 0 Å². The van der Waals surface area contributed by atoms with Crippen LogP contribution < -0.4 is 4.74 Å². The molecule has 0 aliphatic carbocycles. The van der Waals surface area contributed by atoms with Gasteiger partial charge in [-0.15, -0.1) is 0 Å². The predicted octanol–water partition coefficient (Wildman–Crippen LogP) is 1.74. The molecule has 3 heteroatoms. The zero-order chi connectivity index (χ0) is 10.5. The number of hydrogen-bond acceptors (Lipinski definition) is 3. The fraction of sp³-hybridized carbons (Fsp3) is 0.500. The molecule has 2 rings (SSSR count). The minimum Gasteiger partial charge on any atom is -0.491 e. The maximum absolute atomic E-state index is 9.10. The fourth-order valence-electron chi connectivity index (χ4n) is 1.73. The van der Waals surface area contributed by atoms with Crippen molar-refractivity contribution in [2.24, 2.45) is 0 Å². The summed E-state index contributed by atoms with van der Waals surface area (Å²) in [6.45, 7) is 1.44. The monoisotopic (exact) mass is 208 g/mol. The summed E-state index contributed by atoms with van der Waals surface area (Å²) in [4.78, 5) is 0. The van der Waals surface area contributed by atoms with Crippen LogP contribution in [0.15, 0.2) is 24.3 Å². The van der Waals surface area contributed by atoms with Gasteiger partial charge in [-0.3, -0.25) is 0 Å². The Morgan fingerprint density at radius 2 is 2.27 bits per heavy atom. The van der Waals surface area contributed by atoms with Gasteiger partial charge in [0.2, 0.25) is 0 Å². The normalized spacial score (nSPS) is 20.5. The van der Waals surface area contributed by atoms with E-state index in [-0.39, 0.29) is 12.7 Å². The van der Waals surface area contributed by atoms with E-state index in [1.165, 1.54) is 0 Å². The van der Waals surface area contributed by atoms with Gasteiger partial charge < -0.3 is 14.6 Å². The van der Waals surface area contributed by atoms with Gasteiger partial charge in [0.05, 0.1) is 12.7 Å². The third-order valence-corrected chi connectivity index (χ3v) is 2.59. The SMILES string of the molecule is OCc1ccccc1OCC1CCCO1. The second-order valence-corrected chi connectivity index (χ2v) is 3.71. The maximum Gasteiger partial charge on any atom is 0.124 e. The van der Waals surface area contributed by atoms with Crippen LogP contribution in [-0.2, 0) is 11.3 Å². The number of hydrogen-bond donors (Lipinski definition) is 1. The Morgan fingerprint density at radius 3 is 3.00 bits per heavy atom. The molecule has 1 heterocycles. The molecule has 0 bridgehead atoms. The van der Waals surface area contributed by atoms with Crippen molar-refractivity contribution >= 4 is 0 Å². The number of aliphatic hydroxyl groups excluding tert-OH is 1. The van der Waals surface area contributed by atoms with E-state index in [9.17, 15) is 0 Å². The molecule has 1 unspecified atom stereocenters. The summed E-state index contributed by atoms with van der Waals surface area (Å²) in [5, 5.41) is 9.10. The highest BCUT2D eigenvalue weighted by atomic mass is 16.5. The molecule has 0 spiro atoms. The van der Waals surface area contributed by atoms with Crippen LogP contribution in [0.25, 0.3) is 0 Å². The Morgan fingerprint density at radius 1 is 1.40 bits per heavy atom. The van der Waals surface area contributed by atoms with E-state index < -0.39 is 0 Å². The fourth-order valence-corrected chi connectivity index (χ4v) is 1.73. The van der Waals surface area contributed by atoms with Crippen LogP contribution in [0.4, 0.5) is 0 Å². The maximum atomic E-state index is 9.10. The molecular formula is C12H16O3. The van der Waals surface area contributed by atoms with Gasteiger partial charge in [-0.25, -0.2) is 0 Å². The van der Waals surface area contributed by atoms with Crippen LogP contribution in [0.2, 0.25) is 0 Å². The summed E-state index contributed by atoms with van der Waals surface area (Å²) < 4.78 is 11.1. The van der Waals surface area contributed by atoms with E-state index in [1.54, 1.807) is 0 Å². The van der Waals surface area contributed by atoms with Crippen LogP contribution in [0.5, 0.6) is 5.75 Å². The molecular weight excluding hydrogens is 192 g/mol. The van der Waals surface area contributed by atoms with Crippen molar-refractivity contribution in [2.45, 2.75) is 25.6 Å². The molecule has 0 saturated carbocycles. The van der Waals surface area contributed by atoms with Crippen LogP contribution in [-0.4, -0.2) is 24.4 Å². The van der Waals surface area contributed by atoms with Crippen molar-refractivity contribution in [1.29, 1.82) is 0 Å². The van der Waals surface area contributed by atoms with E-state index in [0.29, 0.717) is 6.61 Å². The average Bonchev–Trinajstić information content (AvgIpc) is 2.79. The van der Waals surface area contributed by atoms with E-state index in [4.69, 9.17) is 14.6 Å². The molecule has 1 N–H and O–H groups in total. The molecule has 0 amide bonds. The minimum atomic E-state index is 0.0156. The summed E-state index contributed by atoms with van der Waals surface area (Å²) in [5.41, 5.74) is 0.829. The van der Waals surface area contributed by atoms with Gasteiger partial charge in [-0.05, 0) is 18.9 Å². The van der Waals surface area contributed by atoms with Gasteiger partial charge in [0.1, 0.15) is 12.4 Å². The Bertz CT molecular complexity index is 305. The molecule has 1 aromatic rings. The summed E-state index contributed by atoms with van der Waals surface area (Å²) in [6, 6.07) is 7.54. The van der Waals surface area contributed by atoms with Crippen molar-refractivity contribution in [3.63, 3.8) is 0 Å². The number of rotatable bonds is 4. The number of benzene rings is 1. The highest BCUT2D eigenvalue weighted by Crippen LogP contribution is 2.20. The molecule has 1 fully saturated rings. The van der Waals surface area contributed by atoms with Gasteiger partial charge in [0.15, 0.2) is 0 Å². The largest absolute Gasteiger partial charge is 0.491 e. The highest BCUT2D eigenvalue weighted by Gasteiger charge is 2.16. The Balaban J connectivity index is 1.91. The molecule has 1 aliphatic heterocycles. The topological polar surface area (TPSA) is 38.7 Å². The molecule has 82 valence electrons. The van der Waals surface area contributed by atoms with Crippen molar-refractivity contribution in [3.05, 3.63) is 29.8 Å². The standard InChI is InChI=1S/C12H16O3/c13-8-10-4-1-2-6-12(10)15-9-11-5-3-7-14-11/h1-2,4,6,11,13H,3,5,7-9H2. The quantitative estimate of drug-likeness (QED) is 0.819. The first-order chi connectivity index (χ1) is 7.40. The van der Waals surface area contributed by atoms with E-state index >= 15 is 0 Å². The Kier molecular flexibility index (Phi) is 3.59. The third kappa shape index (κ3) is 2.70. The first-order valence-electron chi connectivity index (χ1n) is 5.33. The first-order valence-corrected chi connectivity index (χ1v) is 5.33. The lowest BCUT2D eigenvalue weighted by Gasteiger charge is -2.13. The second-order valence-electron chi connectivity index (χ2n) is 3.71. The zero-order valence-electron chi connectivity index (χ0n) is 8.69. The lowest BCUT2D eigenvalue weighted by Crippen LogP contribution is -2.16. The summed E-state index contributed by atoms with van der Waals surface area (Å²) >= 11 is 0. The molecule has 1 atom stereocenters. The van der Waals surface area contributed by atoms with Crippen LogP contribution in [0.3, 0.4) is 0 Å². The van der Waals surface area contributed by atoms with Gasteiger partial charge in [0, 0.05) is 12.2 Å². The van der Waals surface area contributed by atoms with Crippen molar-refractivity contribution in [1.82, 2.24) is 0 Å². The summed E-state index contributed by atoms with van der Waals surface area (Å²) in [7, 11) is 0. The summed E-state index contributed by atoms with van der Waals surface area (Å²) in [5.74, 6) is 0.760. The third-order valence-electron chi connectivity index (χ3n) is 2.59. The molecule has 0 aromatic heterocycles. The molecule has 1 aromatic carbocycles. The predicted molar refractivity (Wildman–Crippen MR) is 56.8 cm³/mol. The molecule has 3 nitrogen and oxygen atoms in total. The summed E-state index contributed by atoms with van der Waals surface area (Å²) in [6.07, 6.45) is 2.41. The number of ether oxygens (including phenoxy) is 2. The Hall–Kier alpha value is -1.06. The lowest BCUT2D eigenvalue weighted by atomic mass is 10.2. The van der Waals surface area contributed by atoms with E-state index in [2.05, 4.69) is 0 Å². The average molecular weight is 208 g/mol. The van der Waals surface area contributed by atoms with E-state index in [0.717, 1.165) is 30.8 Å². The molecule has 1 saturated heterocycles. The van der Waals surface area contributed by atoms with Crippen molar-refractivity contribution in [2.75, 3.05) is 13.2 Å². The van der Waals surface area contributed by atoms with Gasteiger partial charge in [-0.1, -0.05) is 18.2 Å². The minimum absolute atomic E-state index is 0.0156. The number of para-hydroxylation sites is 1. The molecule has 0 radical (unpaired) electrons. The lowest BCUT2D eigenvalue weighted by molar-refractivity contribution is 0.0671. The van der Waals surface area contributed by atoms with Crippen LogP contribution >= 0.6 is 0 Å². The molecule has 15 heavy (non-hydrogen) atoms. The van der Waals surface area contributed by atoms with Crippen LogP contribution in [0, 0.1) is 0 Å². The molecule has 1 aliphatic rings. The smallest absolute Gasteiger partial charge is 0.124 e. The zero-order valence-corrected chi connectivity index (χ0v) is 8.69. The van der Waals surface area contributed by atoms with Gasteiger partial charge in [0.25, 0.3) is 0 Å². The Labute approximate surface area is 89.6 Å². The van der Waals surface area contributed by atoms with Crippen molar-refractivity contribution < 1.29 is 14.6 Å².